The molecule has 1 fully saturated rings. The largest absolute Gasteiger partial charge is 0.419 e. The Morgan fingerprint density at radius 1 is 1.15 bits per heavy atom. The average molecular weight is 549 g/mol. The maximum atomic E-state index is 13.7. The zero-order chi connectivity index (χ0) is 29.1. The first-order chi connectivity index (χ1) is 19.7. The van der Waals surface area contributed by atoms with Crippen LogP contribution in [-0.2, 0) is 12.0 Å². The van der Waals surface area contributed by atoms with Crippen molar-refractivity contribution in [2.24, 2.45) is 5.73 Å². The highest BCUT2D eigenvalue weighted by Crippen LogP contribution is 2.35. The van der Waals surface area contributed by atoms with Gasteiger partial charge in [-0.05, 0) is 82.3 Å². The SMILES string of the molecule is CC(C)Nc1cccc(-c2cc(C(=O)N3CCCC3C)cc(-c3nnc([C@](C)(N)Cc4ccccc4)o3)c2)c1C#N. The fraction of sp³-hybridized carbons (Fsp3) is 0.333. The molecule has 3 aromatic carbocycles. The minimum atomic E-state index is -0.890. The number of nitrogens with one attached hydrogen (secondary N) is 1. The van der Waals surface area contributed by atoms with E-state index in [4.69, 9.17) is 10.2 Å². The number of amides is 1. The number of nitrogens with zero attached hydrogens (tertiary/aromatic N) is 4. The molecule has 0 spiro atoms. The van der Waals surface area contributed by atoms with Crippen molar-refractivity contribution in [3.05, 3.63) is 89.3 Å². The molecule has 5 rings (SSSR count). The molecule has 1 aromatic heterocycles. The lowest BCUT2D eigenvalue weighted by atomic mass is 9.94. The van der Waals surface area contributed by atoms with Crippen LogP contribution < -0.4 is 11.1 Å². The Balaban J connectivity index is 1.59. The third kappa shape index (κ3) is 6.01. The average Bonchev–Trinajstić information content (AvgIpc) is 3.62. The first kappa shape index (κ1) is 28.1. The quantitative estimate of drug-likeness (QED) is 0.271. The van der Waals surface area contributed by atoms with Gasteiger partial charge in [-0.1, -0.05) is 42.5 Å². The number of hydrogen-bond donors (Lipinski definition) is 2. The monoisotopic (exact) mass is 548 g/mol. The summed E-state index contributed by atoms with van der Waals surface area (Å²) in [7, 11) is 0. The van der Waals surface area contributed by atoms with Crippen molar-refractivity contribution in [1.29, 1.82) is 5.26 Å². The smallest absolute Gasteiger partial charge is 0.254 e. The molecule has 41 heavy (non-hydrogen) atoms. The maximum absolute atomic E-state index is 13.7. The van der Waals surface area contributed by atoms with Crippen molar-refractivity contribution in [1.82, 2.24) is 15.1 Å². The Bertz CT molecular complexity index is 1590. The van der Waals surface area contributed by atoms with Crippen molar-refractivity contribution in [2.45, 2.75) is 64.6 Å². The Hall–Kier alpha value is -4.48. The van der Waals surface area contributed by atoms with Gasteiger partial charge in [0.2, 0.25) is 11.8 Å². The van der Waals surface area contributed by atoms with E-state index in [-0.39, 0.29) is 23.9 Å². The molecule has 1 saturated heterocycles. The van der Waals surface area contributed by atoms with Gasteiger partial charge in [-0.25, -0.2) is 0 Å². The van der Waals surface area contributed by atoms with Gasteiger partial charge in [0.25, 0.3) is 5.91 Å². The lowest BCUT2D eigenvalue weighted by molar-refractivity contribution is 0.0747. The Morgan fingerprint density at radius 2 is 1.90 bits per heavy atom. The minimum absolute atomic E-state index is 0.0550. The maximum Gasteiger partial charge on any atom is 0.254 e. The van der Waals surface area contributed by atoms with Crippen molar-refractivity contribution in [3.63, 3.8) is 0 Å². The van der Waals surface area contributed by atoms with E-state index in [1.807, 2.05) is 86.3 Å². The van der Waals surface area contributed by atoms with Crippen LogP contribution in [0, 0.1) is 11.3 Å². The summed E-state index contributed by atoms with van der Waals surface area (Å²) in [5, 5.41) is 22.1. The lowest BCUT2D eigenvalue weighted by Gasteiger charge is -2.22. The van der Waals surface area contributed by atoms with Gasteiger partial charge in [-0.2, -0.15) is 5.26 Å². The van der Waals surface area contributed by atoms with E-state index in [0.717, 1.165) is 35.2 Å². The molecule has 210 valence electrons. The van der Waals surface area contributed by atoms with Crippen LogP contribution in [0.1, 0.15) is 67.9 Å². The van der Waals surface area contributed by atoms with E-state index in [1.165, 1.54) is 0 Å². The summed E-state index contributed by atoms with van der Waals surface area (Å²) < 4.78 is 6.16. The summed E-state index contributed by atoms with van der Waals surface area (Å²) in [6, 6.07) is 23.8. The molecule has 0 bridgehead atoms. The highest BCUT2D eigenvalue weighted by molar-refractivity contribution is 5.97. The predicted molar refractivity (Wildman–Crippen MR) is 160 cm³/mol. The second-order valence-corrected chi connectivity index (χ2v) is 11.4. The second kappa shape index (κ2) is 11.6. The molecule has 3 N–H and O–H groups in total. The summed E-state index contributed by atoms with van der Waals surface area (Å²) in [5.41, 5.74) is 10.6. The van der Waals surface area contributed by atoms with E-state index < -0.39 is 5.54 Å². The first-order valence-electron chi connectivity index (χ1n) is 14.1. The van der Waals surface area contributed by atoms with Crippen LogP contribution in [0.25, 0.3) is 22.6 Å². The molecule has 0 aliphatic carbocycles. The van der Waals surface area contributed by atoms with E-state index in [9.17, 15) is 10.1 Å². The van der Waals surface area contributed by atoms with Gasteiger partial charge in [-0.3, -0.25) is 4.79 Å². The van der Waals surface area contributed by atoms with Crippen LogP contribution >= 0.6 is 0 Å². The van der Waals surface area contributed by atoms with Crippen LogP contribution in [0.4, 0.5) is 5.69 Å². The molecule has 2 atom stereocenters. The number of hydrogen-bond acceptors (Lipinski definition) is 7. The summed E-state index contributed by atoms with van der Waals surface area (Å²) in [4.78, 5) is 15.6. The van der Waals surface area contributed by atoms with Crippen molar-refractivity contribution >= 4 is 11.6 Å². The Labute approximate surface area is 241 Å². The Kier molecular flexibility index (Phi) is 7.91. The fourth-order valence-electron chi connectivity index (χ4n) is 5.44. The number of aromatic nitrogens is 2. The summed E-state index contributed by atoms with van der Waals surface area (Å²) >= 11 is 0. The molecule has 1 unspecified atom stereocenters. The zero-order valence-corrected chi connectivity index (χ0v) is 24.0. The topological polar surface area (TPSA) is 121 Å². The minimum Gasteiger partial charge on any atom is -0.419 e. The standard InChI is InChI=1S/C33H36N6O2/c1-21(2)36-29-14-8-13-27(28(29)20-34)24-16-25(18-26(17-24)31(40)39-15-9-10-22(39)3)30-37-38-32(41-30)33(4,35)19-23-11-6-5-7-12-23/h5-8,11-14,16-18,21-22,36H,9-10,15,19,35H2,1-4H3/t22?,33-/m1/s1. The van der Waals surface area contributed by atoms with Gasteiger partial charge in [0.15, 0.2) is 0 Å². The van der Waals surface area contributed by atoms with Crippen molar-refractivity contribution in [3.8, 4) is 28.7 Å². The predicted octanol–water partition coefficient (Wildman–Crippen LogP) is 6.14. The van der Waals surface area contributed by atoms with E-state index in [1.54, 1.807) is 6.07 Å². The highest BCUT2D eigenvalue weighted by atomic mass is 16.4. The molecule has 4 aromatic rings. The van der Waals surface area contributed by atoms with Gasteiger partial charge in [0, 0.05) is 35.3 Å². The van der Waals surface area contributed by atoms with Gasteiger partial charge in [0.1, 0.15) is 6.07 Å². The summed E-state index contributed by atoms with van der Waals surface area (Å²) in [6.45, 7) is 8.71. The molecule has 1 aliphatic rings. The molecule has 8 heteroatoms. The first-order valence-corrected chi connectivity index (χ1v) is 14.1. The van der Waals surface area contributed by atoms with Gasteiger partial charge in [-0.15, -0.1) is 10.2 Å². The number of nitrogens with two attached hydrogens (primary N) is 1. The lowest BCUT2D eigenvalue weighted by Crippen LogP contribution is -2.35. The molecular formula is C33H36N6O2. The van der Waals surface area contributed by atoms with Crippen molar-refractivity contribution < 1.29 is 9.21 Å². The summed E-state index contributed by atoms with van der Waals surface area (Å²) in [6.07, 6.45) is 2.47. The van der Waals surface area contributed by atoms with Crippen LogP contribution in [-0.4, -0.2) is 39.6 Å². The molecule has 0 saturated carbocycles. The molecule has 2 heterocycles. The normalized spacial score (nSPS) is 16.4. The zero-order valence-electron chi connectivity index (χ0n) is 24.0. The van der Waals surface area contributed by atoms with Crippen LogP contribution in [0.3, 0.4) is 0 Å². The third-order valence-corrected chi connectivity index (χ3v) is 7.50. The Morgan fingerprint density at radius 3 is 2.59 bits per heavy atom. The van der Waals surface area contributed by atoms with E-state index >= 15 is 0 Å². The molecule has 8 nitrogen and oxygen atoms in total. The molecule has 1 amide bonds. The van der Waals surface area contributed by atoms with Gasteiger partial charge >= 0.3 is 0 Å². The second-order valence-electron chi connectivity index (χ2n) is 11.4. The molecule has 0 radical (unpaired) electrons. The summed E-state index contributed by atoms with van der Waals surface area (Å²) in [5.74, 6) is 0.522. The van der Waals surface area contributed by atoms with Gasteiger partial charge in [0.05, 0.1) is 16.8 Å². The molecule has 1 aliphatic heterocycles. The van der Waals surface area contributed by atoms with Crippen LogP contribution in [0.5, 0.6) is 0 Å². The number of benzene rings is 3. The molecular weight excluding hydrogens is 512 g/mol. The van der Waals surface area contributed by atoms with Gasteiger partial charge < -0.3 is 20.4 Å². The third-order valence-electron chi connectivity index (χ3n) is 7.50. The number of carbonyl (C=O) groups is 1. The number of likely N-dealkylation sites (tertiary alicyclic amines) is 1. The van der Waals surface area contributed by atoms with Crippen molar-refractivity contribution in [2.75, 3.05) is 11.9 Å². The number of carbonyl (C=O) groups excluding carboxylic acids is 1. The van der Waals surface area contributed by atoms with E-state index in [0.29, 0.717) is 35.5 Å². The number of nitriles is 1. The van der Waals surface area contributed by atoms with E-state index in [2.05, 4.69) is 28.5 Å². The van der Waals surface area contributed by atoms with Crippen LogP contribution in [0.2, 0.25) is 0 Å². The fourth-order valence-corrected chi connectivity index (χ4v) is 5.44. The highest BCUT2D eigenvalue weighted by Gasteiger charge is 2.30. The number of rotatable bonds is 8. The van der Waals surface area contributed by atoms with Crippen LogP contribution in [0.15, 0.2) is 71.1 Å². The number of anilines is 1.